The van der Waals surface area contributed by atoms with Gasteiger partial charge in [0.05, 0.1) is 5.69 Å². The van der Waals surface area contributed by atoms with Crippen molar-refractivity contribution < 1.29 is 13.6 Å². The topological polar surface area (TPSA) is 54.0 Å². The van der Waals surface area contributed by atoms with Gasteiger partial charge in [-0.25, -0.2) is 18.6 Å². The fourth-order valence-corrected chi connectivity index (χ4v) is 2.17. The molecule has 0 saturated heterocycles. The van der Waals surface area contributed by atoms with Crippen LogP contribution in [-0.4, -0.2) is 16.6 Å². The van der Waals surface area contributed by atoms with Crippen molar-refractivity contribution in [3.63, 3.8) is 0 Å². The lowest BCUT2D eigenvalue weighted by Gasteiger charge is -2.21. The van der Waals surface area contributed by atoms with Crippen molar-refractivity contribution in [1.29, 1.82) is 0 Å². The van der Waals surface area contributed by atoms with E-state index >= 15 is 0 Å². The zero-order valence-electron chi connectivity index (χ0n) is 12.9. The highest BCUT2D eigenvalue weighted by atomic mass is 35.5. The number of nitrogens with zero attached hydrogens (tertiary/aromatic N) is 1. The molecule has 0 atom stereocenters. The van der Waals surface area contributed by atoms with Crippen molar-refractivity contribution >= 4 is 23.3 Å². The summed E-state index contributed by atoms with van der Waals surface area (Å²) in [5.74, 6) is -1.23. The van der Waals surface area contributed by atoms with Gasteiger partial charge in [-0.15, -0.1) is 0 Å². The predicted molar refractivity (Wildman–Crippen MR) is 86.5 cm³/mol. The van der Waals surface area contributed by atoms with Crippen LogP contribution in [0.15, 0.2) is 30.5 Å². The van der Waals surface area contributed by atoms with E-state index in [0.717, 1.165) is 18.2 Å². The SMILES string of the molecule is CC(C)(C)NC(=O)Nc1c(-c2cc(F)ccc2F)ccnc1Cl. The molecule has 2 amide bonds. The van der Waals surface area contributed by atoms with Gasteiger partial charge in [-0.1, -0.05) is 11.6 Å². The number of carbonyl (C=O) groups excluding carboxylic acids is 1. The number of benzene rings is 1. The number of pyridine rings is 1. The van der Waals surface area contributed by atoms with Crippen LogP contribution in [0.5, 0.6) is 0 Å². The van der Waals surface area contributed by atoms with Crippen LogP contribution in [0.2, 0.25) is 5.15 Å². The lowest BCUT2D eigenvalue weighted by Crippen LogP contribution is -2.43. The quantitative estimate of drug-likeness (QED) is 0.786. The molecule has 23 heavy (non-hydrogen) atoms. The maximum atomic E-state index is 14.0. The first-order chi connectivity index (χ1) is 10.7. The highest BCUT2D eigenvalue weighted by Crippen LogP contribution is 2.34. The zero-order valence-corrected chi connectivity index (χ0v) is 13.6. The molecule has 2 N–H and O–H groups in total. The average Bonchev–Trinajstić information content (AvgIpc) is 2.42. The second-order valence-electron chi connectivity index (χ2n) is 5.98. The van der Waals surface area contributed by atoms with Gasteiger partial charge >= 0.3 is 6.03 Å². The van der Waals surface area contributed by atoms with Crippen LogP contribution in [0, 0.1) is 11.6 Å². The van der Waals surface area contributed by atoms with E-state index in [4.69, 9.17) is 11.6 Å². The maximum Gasteiger partial charge on any atom is 0.319 e. The number of amides is 2. The van der Waals surface area contributed by atoms with Crippen molar-refractivity contribution in [2.45, 2.75) is 26.3 Å². The molecular weight excluding hydrogens is 324 g/mol. The molecule has 0 spiro atoms. The lowest BCUT2D eigenvalue weighted by molar-refractivity contribution is 0.244. The summed E-state index contributed by atoms with van der Waals surface area (Å²) in [5, 5.41) is 5.22. The average molecular weight is 340 g/mol. The molecule has 0 aliphatic rings. The third kappa shape index (κ3) is 4.39. The second kappa shape index (κ2) is 6.50. The summed E-state index contributed by atoms with van der Waals surface area (Å²) in [6, 6.07) is 3.99. The first kappa shape index (κ1) is 17.1. The van der Waals surface area contributed by atoms with Crippen molar-refractivity contribution in [2.75, 3.05) is 5.32 Å². The molecule has 0 fully saturated rings. The number of urea groups is 1. The lowest BCUT2D eigenvalue weighted by atomic mass is 10.0. The molecule has 2 aromatic rings. The van der Waals surface area contributed by atoms with Crippen LogP contribution in [0.3, 0.4) is 0 Å². The second-order valence-corrected chi connectivity index (χ2v) is 6.34. The van der Waals surface area contributed by atoms with E-state index in [0.29, 0.717) is 0 Å². The Balaban J connectivity index is 2.45. The monoisotopic (exact) mass is 339 g/mol. The summed E-state index contributed by atoms with van der Waals surface area (Å²) in [6.45, 7) is 5.43. The third-order valence-corrected chi connectivity index (χ3v) is 3.14. The van der Waals surface area contributed by atoms with Gasteiger partial charge in [0.2, 0.25) is 0 Å². The van der Waals surface area contributed by atoms with Crippen LogP contribution < -0.4 is 10.6 Å². The Kier molecular flexibility index (Phi) is 4.85. The van der Waals surface area contributed by atoms with Crippen LogP contribution in [0.4, 0.5) is 19.3 Å². The first-order valence-corrected chi connectivity index (χ1v) is 7.24. The number of hydrogen-bond donors (Lipinski definition) is 2. The molecule has 0 unspecified atom stereocenters. The van der Waals surface area contributed by atoms with Crippen molar-refractivity contribution in [2.24, 2.45) is 0 Å². The Bertz CT molecular complexity index is 745. The van der Waals surface area contributed by atoms with Gasteiger partial charge in [0.15, 0.2) is 5.15 Å². The molecule has 1 aromatic heterocycles. The van der Waals surface area contributed by atoms with Crippen molar-refractivity contribution in [1.82, 2.24) is 10.3 Å². The largest absolute Gasteiger partial charge is 0.333 e. The van der Waals surface area contributed by atoms with Gasteiger partial charge < -0.3 is 10.6 Å². The van der Waals surface area contributed by atoms with Gasteiger partial charge in [-0.2, -0.15) is 0 Å². The fourth-order valence-electron chi connectivity index (χ4n) is 1.97. The van der Waals surface area contributed by atoms with Crippen LogP contribution in [0.25, 0.3) is 11.1 Å². The number of halogens is 3. The van der Waals surface area contributed by atoms with E-state index in [2.05, 4.69) is 15.6 Å². The summed E-state index contributed by atoms with van der Waals surface area (Å²) in [4.78, 5) is 15.9. The zero-order chi connectivity index (χ0) is 17.2. The van der Waals surface area contributed by atoms with E-state index in [1.807, 2.05) is 20.8 Å². The Hall–Kier alpha value is -2.21. The number of rotatable bonds is 2. The number of hydrogen-bond acceptors (Lipinski definition) is 2. The van der Waals surface area contributed by atoms with E-state index in [-0.39, 0.29) is 22.0 Å². The molecule has 4 nitrogen and oxygen atoms in total. The fraction of sp³-hybridized carbons (Fsp3) is 0.250. The Morgan fingerprint density at radius 1 is 1.17 bits per heavy atom. The van der Waals surface area contributed by atoms with Gasteiger partial charge in [-0.05, 0) is 45.0 Å². The smallest absolute Gasteiger partial charge is 0.319 e. The van der Waals surface area contributed by atoms with Crippen LogP contribution in [-0.2, 0) is 0 Å². The standard InChI is InChI=1S/C16H16ClF2N3O/c1-16(2,3)22-15(23)21-13-10(6-7-20-14(13)17)11-8-9(18)4-5-12(11)19/h4-8H,1-3H3,(H2,21,22,23). The summed E-state index contributed by atoms with van der Waals surface area (Å²) < 4.78 is 27.5. The molecular formula is C16H16ClF2N3O. The normalized spacial score (nSPS) is 11.2. The highest BCUT2D eigenvalue weighted by Gasteiger charge is 2.19. The van der Waals surface area contributed by atoms with Gasteiger partial charge in [0, 0.05) is 22.9 Å². The first-order valence-electron chi connectivity index (χ1n) is 6.86. The maximum absolute atomic E-state index is 14.0. The van der Waals surface area contributed by atoms with E-state index in [1.54, 1.807) is 0 Å². The van der Waals surface area contributed by atoms with Crippen LogP contribution in [0.1, 0.15) is 20.8 Å². The molecule has 0 aliphatic heterocycles. The minimum Gasteiger partial charge on any atom is -0.333 e. The molecule has 7 heteroatoms. The number of carbonyl (C=O) groups is 1. The van der Waals surface area contributed by atoms with Gasteiger partial charge in [0.1, 0.15) is 11.6 Å². The highest BCUT2D eigenvalue weighted by molar-refractivity contribution is 6.33. The predicted octanol–water partition coefficient (Wildman–Crippen LogP) is 4.60. The minimum atomic E-state index is -0.632. The van der Waals surface area contributed by atoms with Crippen molar-refractivity contribution in [3.05, 3.63) is 47.2 Å². The molecule has 1 heterocycles. The van der Waals surface area contributed by atoms with Gasteiger partial charge in [0.25, 0.3) is 0 Å². The third-order valence-electron chi connectivity index (χ3n) is 2.85. The molecule has 0 aliphatic carbocycles. The number of aromatic nitrogens is 1. The molecule has 2 rings (SSSR count). The molecule has 0 saturated carbocycles. The minimum absolute atomic E-state index is 0.0136. The summed E-state index contributed by atoms with van der Waals surface area (Å²) >= 11 is 6.02. The van der Waals surface area contributed by atoms with E-state index in [9.17, 15) is 13.6 Å². The molecule has 122 valence electrons. The van der Waals surface area contributed by atoms with Crippen molar-refractivity contribution in [3.8, 4) is 11.1 Å². The number of nitrogens with one attached hydrogen (secondary N) is 2. The number of anilines is 1. The van der Waals surface area contributed by atoms with E-state index in [1.165, 1.54) is 12.3 Å². The molecule has 1 aromatic carbocycles. The Labute approximate surface area is 137 Å². The summed E-state index contributed by atoms with van der Waals surface area (Å²) in [7, 11) is 0. The summed E-state index contributed by atoms with van der Waals surface area (Å²) in [5.41, 5.74) is -0.130. The Morgan fingerprint density at radius 3 is 2.52 bits per heavy atom. The molecule has 0 bridgehead atoms. The van der Waals surface area contributed by atoms with E-state index < -0.39 is 23.2 Å². The van der Waals surface area contributed by atoms with Gasteiger partial charge in [-0.3, -0.25) is 0 Å². The van der Waals surface area contributed by atoms with Crippen LogP contribution >= 0.6 is 11.6 Å². The Morgan fingerprint density at radius 2 is 1.87 bits per heavy atom. The summed E-state index contributed by atoms with van der Waals surface area (Å²) in [6.07, 6.45) is 1.36. The molecule has 0 radical (unpaired) electrons.